The molecule has 0 spiro atoms. The standard InChI is InChI=1S/C42H68N6O5/c1-24(2)15-31(23-46(7)8)44-40(50)29-16-28(17-32(18-29)47(9)10)33-14-12-13-27(39(33)52-11)22-48-38(37(26(4)49)36(21-43)53-48)41(51)45-35-20-30-19-34(25(35)3)42(30,5)6/h12-14,16,18,24-26,30-32,34-38,49H,15,17,19-23,43H2,1-11H3,(H,44,50)(H,45,51)/t25-,26-,30-,31+,32?,34+,35-,36-,37+,38-/m0/s1. The van der Waals surface area contributed by atoms with E-state index in [1.807, 2.05) is 52.5 Å². The summed E-state index contributed by atoms with van der Waals surface area (Å²) in [5.41, 5.74) is 9.86. The molecule has 1 saturated heterocycles. The predicted molar refractivity (Wildman–Crippen MR) is 211 cm³/mol. The zero-order chi connectivity index (χ0) is 38.9. The molecule has 3 saturated carbocycles. The lowest BCUT2D eigenvalue weighted by Crippen LogP contribution is -2.62. The van der Waals surface area contributed by atoms with Gasteiger partial charge < -0.3 is 36.0 Å². The molecule has 6 rings (SSSR count). The molecular weight excluding hydrogens is 668 g/mol. The summed E-state index contributed by atoms with van der Waals surface area (Å²) in [5, 5.41) is 19.4. The molecule has 296 valence electrons. The molecular formula is C42H68N6O5. The quantitative estimate of drug-likeness (QED) is 0.211. The summed E-state index contributed by atoms with van der Waals surface area (Å²) >= 11 is 0. The molecule has 4 aliphatic carbocycles. The molecule has 2 bridgehead atoms. The largest absolute Gasteiger partial charge is 0.496 e. The van der Waals surface area contributed by atoms with Crippen LogP contribution in [0.4, 0.5) is 0 Å². The number of likely N-dealkylation sites (N-methyl/N-ethyl adjacent to an activating group) is 2. The Hall–Kier alpha value is -2.80. The fourth-order valence-electron chi connectivity index (χ4n) is 9.81. The van der Waals surface area contributed by atoms with Gasteiger partial charge >= 0.3 is 0 Å². The van der Waals surface area contributed by atoms with Gasteiger partial charge in [0, 0.05) is 53.8 Å². The molecule has 1 aromatic carbocycles. The van der Waals surface area contributed by atoms with E-state index in [4.69, 9.17) is 15.3 Å². The van der Waals surface area contributed by atoms with Crippen molar-refractivity contribution in [3.8, 4) is 5.75 Å². The van der Waals surface area contributed by atoms with E-state index in [0.717, 1.165) is 36.1 Å². The van der Waals surface area contributed by atoms with Gasteiger partial charge in [-0.25, -0.2) is 0 Å². The van der Waals surface area contributed by atoms with E-state index in [9.17, 15) is 14.7 Å². The smallest absolute Gasteiger partial charge is 0.251 e. The Kier molecular flexibility index (Phi) is 13.2. The van der Waals surface area contributed by atoms with Crippen LogP contribution in [0, 0.1) is 35.0 Å². The van der Waals surface area contributed by atoms with Crippen molar-refractivity contribution in [1.82, 2.24) is 25.5 Å². The molecule has 5 N–H and O–H groups in total. The van der Waals surface area contributed by atoms with Gasteiger partial charge in [0.05, 0.1) is 25.9 Å². The summed E-state index contributed by atoms with van der Waals surface area (Å²) in [4.78, 5) is 38.8. The van der Waals surface area contributed by atoms with E-state index >= 15 is 0 Å². The molecule has 10 atom stereocenters. The van der Waals surface area contributed by atoms with Gasteiger partial charge in [-0.1, -0.05) is 58.9 Å². The Balaban J connectivity index is 1.42. The number of amides is 2. The van der Waals surface area contributed by atoms with Crippen molar-refractivity contribution in [3.05, 3.63) is 47.1 Å². The number of nitrogens with one attached hydrogen (secondary N) is 2. The molecule has 2 amide bonds. The zero-order valence-corrected chi connectivity index (χ0v) is 34.2. The monoisotopic (exact) mass is 737 g/mol. The Morgan fingerprint density at radius 3 is 2.43 bits per heavy atom. The lowest BCUT2D eigenvalue weighted by Gasteiger charge is -2.62. The lowest BCUT2D eigenvalue weighted by atomic mass is 9.45. The minimum atomic E-state index is -0.807. The van der Waals surface area contributed by atoms with E-state index in [1.165, 1.54) is 6.42 Å². The predicted octanol–water partition coefficient (Wildman–Crippen LogP) is 4.06. The Morgan fingerprint density at radius 2 is 1.87 bits per heavy atom. The molecule has 4 fully saturated rings. The number of aliphatic hydroxyl groups is 1. The van der Waals surface area contributed by atoms with Crippen LogP contribution in [0.3, 0.4) is 0 Å². The number of ether oxygens (including phenoxy) is 1. The van der Waals surface area contributed by atoms with Crippen LogP contribution in [0.5, 0.6) is 5.75 Å². The van der Waals surface area contributed by atoms with E-state index < -0.39 is 24.2 Å². The van der Waals surface area contributed by atoms with Crippen molar-refractivity contribution in [2.45, 2.75) is 110 Å². The van der Waals surface area contributed by atoms with Crippen LogP contribution in [0.1, 0.15) is 78.4 Å². The van der Waals surface area contributed by atoms with Crippen LogP contribution in [0.25, 0.3) is 5.57 Å². The fourth-order valence-corrected chi connectivity index (χ4v) is 9.81. The third kappa shape index (κ3) is 8.86. The molecule has 1 aromatic rings. The first-order chi connectivity index (χ1) is 25.0. The number of methoxy groups -OCH3 is 1. The van der Waals surface area contributed by atoms with Crippen molar-refractivity contribution in [2.75, 3.05) is 48.4 Å². The molecule has 1 heterocycles. The maximum absolute atomic E-state index is 14.3. The maximum Gasteiger partial charge on any atom is 0.251 e. The van der Waals surface area contributed by atoms with Gasteiger partial charge in [-0.15, -0.1) is 0 Å². The third-order valence-electron chi connectivity index (χ3n) is 12.8. The highest BCUT2D eigenvalue weighted by Crippen LogP contribution is 2.61. The molecule has 1 unspecified atom stereocenters. The summed E-state index contributed by atoms with van der Waals surface area (Å²) in [5.74, 6) is 1.95. The maximum atomic E-state index is 14.3. The fraction of sp³-hybridized carbons (Fsp3) is 0.714. The average Bonchev–Trinajstić information content (AvgIpc) is 3.46. The Morgan fingerprint density at radius 1 is 1.15 bits per heavy atom. The number of hydrogen-bond donors (Lipinski definition) is 4. The number of fused-ring (bicyclic) bond motifs is 2. The minimum Gasteiger partial charge on any atom is -0.496 e. The second-order valence-electron chi connectivity index (χ2n) is 17.9. The van der Waals surface area contributed by atoms with Gasteiger partial charge in [0.2, 0.25) is 5.91 Å². The first kappa shape index (κ1) is 41.4. The number of carbonyl (C=O) groups is 2. The second kappa shape index (κ2) is 16.9. The Bertz CT molecular complexity index is 1510. The number of hydroxylamine groups is 2. The zero-order valence-electron chi connectivity index (χ0n) is 34.2. The molecule has 11 nitrogen and oxygen atoms in total. The Labute approximate surface area is 318 Å². The van der Waals surface area contributed by atoms with Gasteiger partial charge in [-0.3, -0.25) is 14.4 Å². The highest BCUT2D eigenvalue weighted by molar-refractivity contribution is 5.99. The average molecular weight is 737 g/mol. The highest BCUT2D eigenvalue weighted by atomic mass is 16.7. The molecule has 0 radical (unpaired) electrons. The minimum absolute atomic E-state index is 0.00686. The van der Waals surface area contributed by atoms with Crippen molar-refractivity contribution in [1.29, 1.82) is 0 Å². The van der Waals surface area contributed by atoms with Crippen molar-refractivity contribution >= 4 is 17.4 Å². The van der Waals surface area contributed by atoms with Gasteiger partial charge in [0.25, 0.3) is 5.91 Å². The third-order valence-corrected chi connectivity index (χ3v) is 12.8. The van der Waals surface area contributed by atoms with E-state index in [2.05, 4.69) is 61.1 Å². The summed E-state index contributed by atoms with van der Waals surface area (Å²) in [6, 6.07) is 5.39. The first-order valence-corrected chi connectivity index (χ1v) is 19.8. The van der Waals surface area contributed by atoms with E-state index in [-0.39, 0.29) is 43.0 Å². The topological polar surface area (TPSA) is 133 Å². The molecule has 1 aliphatic heterocycles. The van der Waals surface area contributed by atoms with Crippen molar-refractivity contribution in [3.63, 3.8) is 0 Å². The normalized spacial score (nSPS) is 30.8. The van der Waals surface area contributed by atoms with Crippen molar-refractivity contribution in [2.24, 2.45) is 40.7 Å². The number of nitrogens with two attached hydrogens (primary N) is 1. The van der Waals surface area contributed by atoms with Gasteiger partial charge in [0.15, 0.2) is 0 Å². The number of benzene rings is 1. The number of para-hydroxylation sites is 1. The molecule has 0 aromatic heterocycles. The lowest BCUT2D eigenvalue weighted by molar-refractivity contribution is -0.175. The van der Waals surface area contributed by atoms with Crippen LogP contribution in [0.15, 0.2) is 35.9 Å². The van der Waals surface area contributed by atoms with Gasteiger partial charge in [-0.05, 0) is 102 Å². The van der Waals surface area contributed by atoms with E-state index in [0.29, 0.717) is 46.8 Å². The molecule has 11 heteroatoms. The number of aliphatic hydroxyl groups excluding tert-OH is 1. The molecule has 5 aliphatic rings. The van der Waals surface area contributed by atoms with Crippen molar-refractivity contribution < 1.29 is 24.3 Å². The highest BCUT2D eigenvalue weighted by Gasteiger charge is 2.57. The number of hydrogen-bond acceptors (Lipinski definition) is 9. The van der Waals surface area contributed by atoms with Crippen LogP contribution >= 0.6 is 0 Å². The van der Waals surface area contributed by atoms with Crippen LogP contribution < -0.4 is 21.1 Å². The first-order valence-electron chi connectivity index (χ1n) is 19.8. The number of rotatable bonds is 15. The summed E-state index contributed by atoms with van der Waals surface area (Å²) in [7, 11) is 9.77. The van der Waals surface area contributed by atoms with Gasteiger partial charge in [0.1, 0.15) is 11.8 Å². The SMILES string of the molecule is COc1c(CN2O[C@@H](CN)[C@@H]([C@H](C)O)[C@H]2C(=O)N[C@H]2C[C@@H]3C[C@H]([C@@H]2C)C3(C)C)cccc1C1=CC(C(=O)N[C@H](CC(C)C)CN(C)C)=CC(N(C)C)C1. The number of carbonyl (C=O) groups excluding carboxylic acids is 2. The second-order valence-corrected chi connectivity index (χ2v) is 17.9. The van der Waals surface area contributed by atoms with Crippen LogP contribution in [-0.4, -0.2) is 117 Å². The summed E-state index contributed by atoms with van der Waals surface area (Å²) < 4.78 is 6.14. The van der Waals surface area contributed by atoms with E-state index in [1.54, 1.807) is 19.1 Å². The van der Waals surface area contributed by atoms with Crippen LogP contribution in [0.2, 0.25) is 0 Å². The summed E-state index contributed by atoms with van der Waals surface area (Å²) in [6.07, 6.45) is 6.49. The van der Waals surface area contributed by atoms with Crippen LogP contribution in [-0.2, 0) is 21.0 Å². The molecule has 53 heavy (non-hydrogen) atoms. The number of nitrogens with zero attached hydrogens (tertiary/aromatic N) is 3. The van der Waals surface area contributed by atoms with Gasteiger partial charge in [-0.2, -0.15) is 5.06 Å². The summed E-state index contributed by atoms with van der Waals surface area (Å²) in [6.45, 7) is 14.2.